The maximum absolute atomic E-state index is 13.1. The van der Waals surface area contributed by atoms with E-state index in [2.05, 4.69) is 10.0 Å². The van der Waals surface area contributed by atoms with Crippen LogP contribution >= 0.6 is 0 Å². The van der Waals surface area contributed by atoms with Gasteiger partial charge in [0.1, 0.15) is 5.82 Å². The van der Waals surface area contributed by atoms with Crippen molar-refractivity contribution in [3.8, 4) is 0 Å². The number of rotatable bonds is 6. The van der Waals surface area contributed by atoms with E-state index in [-0.39, 0.29) is 10.6 Å². The molecule has 0 aromatic heterocycles. The molecule has 0 aliphatic rings. The SMILES string of the molecule is CCNCc1ccc(S(=O)(=O)Nc2cccc(F)c2)cc1. The molecule has 2 aromatic rings. The van der Waals surface area contributed by atoms with Crippen molar-refractivity contribution in [2.75, 3.05) is 11.3 Å². The van der Waals surface area contributed by atoms with Crippen LogP contribution in [0, 0.1) is 5.82 Å². The summed E-state index contributed by atoms with van der Waals surface area (Å²) >= 11 is 0. The Morgan fingerprint density at radius 1 is 1.10 bits per heavy atom. The van der Waals surface area contributed by atoms with Crippen LogP contribution in [0.15, 0.2) is 53.4 Å². The largest absolute Gasteiger partial charge is 0.313 e. The van der Waals surface area contributed by atoms with E-state index in [4.69, 9.17) is 0 Å². The molecule has 2 rings (SSSR count). The van der Waals surface area contributed by atoms with Crippen molar-refractivity contribution in [3.63, 3.8) is 0 Å². The van der Waals surface area contributed by atoms with Crippen molar-refractivity contribution in [1.29, 1.82) is 0 Å². The zero-order valence-electron chi connectivity index (χ0n) is 11.6. The smallest absolute Gasteiger partial charge is 0.261 e. The van der Waals surface area contributed by atoms with Gasteiger partial charge in [0, 0.05) is 6.54 Å². The third kappa shape index (κ3) is 4.27. The molecule has 0 bridgehead atoms. The highest BCUT2D eigenvalue weighted by Gasteiger charge is 2.14. The second-order valence-electron chi connectivity index (χ2n) is 4.54. The van der Waals surface area contributed by atoms with Crippen LogP contribution in [-0.2, 0) is 16.6 Å². The number of nitrogens with one attached hydrogen (secondary N) is 2. The van der Waals surface area contributed by atoms with Crippen molar-refractivity contribution in [1.82, 2.24) is 5.32 Å². The van der Waals surface area contributed by atoms with Crippen molar-refractivity contribution in [2.45, 2.75) is 18.4 Å². The van der Waals surface area contributed by atoms with E-state index in [9.17, 15) is 12.8 Å². The lowest BCUT2D eigenvalue weighted by molar-refractivity contribution is 0.601. The van der Waals surface area contributed by atoms with Gasteiger partial charge in [-0.1, -0.05) is 25.1 Å². The summed E-state index contributed by atoms with van der Waals surface area (Å²) in [5.41, 5.74) is 1.20. The fourth-order valence-corrected chi connectivity index (χ4v) is 2.87. The number of anilines is 1. The summed E-state index contributed by atoms with van der Waals surface area (Å²) < 4.78 is 39.8. The molecule has 4 nitrogen and oxygen atoms in total. The fourth-order valence-electron chi connectivity index (χ4n) is 1.82. The van der Waals surface area contributed by atoms with Crippen molar-refractivity contribution in [2.24, 2.45) is 0 Å². The van der Waals surface area contributed by atoms with Gasteiger partial charge in [0.15, 0.2) is 0 Å². The van der Waals surface area contributed by atoms with Gasteiger partial charge >= 0.3 is 0 Å². The maximum atomic E-state index is 13.1. The molecule has 0 heterocycles. The van der Waals surface area contributed by atoms with Crippen molar-refractivity contribution >= 4 is 15.7 Å². The van der Waals surface area contributed by atoms with Gasteiger partial charge in [-0.2, -0.15) is 0 Å². The van der Waals surface area contributed by atoms with Crippen LogP contribution in [0.3, 0.4) is 0 Å². The van der Waals surface area contributed by atoms with Gasteiger partial charge in [0.25, 0.3) is 10.0 Å². The molecule has 2 N–H and O–H groups in total. The van der Waals surface area contributed by atoms with Gasteiger partial charge in [-0.25, -0.2) is 12.8 Å². The molecule has 21 heavy (non-hydrogen) atoms. The van der Waals surface area contributed by atoms with Gasteiger partial charge in [-0.3, -0.25) is 4.72 Å². The molecule has 0 atom stereocenters. The topological polar surface area (TPSA) is 58.2 Å². The van der Waals surface area contributed by atoms with Gasteiger partial charge in [0.2, 0.25) is 0 Å². The van der Waals surface area contributed by atoms with E-state index >= 15 is 0 Å². The van der Waals surface area contributed by atoms with E-state index in [0.29, 0.717) is 6.54 Å². The van der Waals surface area contributed by atoms with Crippen LogP contribution in [0.25, 0.3) is 0 Å². The quantitative estimate of drug-likeness (QED) is 0.862. The Morgan fingerprint density at radius 3 is 2.43 bits per heavy atom. The van der Waals surface area contributed by atoms with Gasteiger partial charge < -0.3 is 5.32 Å². The van der Waals surface area contributed by atoms with E-state index in [1.165, 1.54) is 30.3 Å². The Morgan fingerprint density at radius 2 is 1.81 bits per heavy atom. The third-order valence-electron chi connectivity index (χ3n) is 2.89. The first-order valence-corrected chi connectivity index (χ1v) is 8.07. The Balaban J connectivity index is 2.15. The van der Waals surface area contributed by atoms with Crippen LogP contribution < -0.4 is 10.0 Å². The van der Waals surface area contributed by atoms with E-state index in [1.807, 2.05) is 6.92 Å². The predicted octanol–water partition coefficient (Wildman–Crippen LogP) is 2.74. The molecule has 0 saturated carbocycles. The fraction of sp³-hybridized carbons (Fsp3) is 0.200. The first-order chi connectivity index (χ1) is 10.0. The lowest BCUT2D eigenvalue weighted by Crippen LogP contribution is -2.14. The molecule has 0 saturated heterocycles. The summed E-state index contributed by atoms with van der Waals surface area (Å²) in [5, 5.41) is 3.16. The standard InChI is InChI=1S/C15H17FN2O2S/c1-2-17-11-12-6-8-15(9-7-12)21(19,20)18-14-5-3-4-13(16)10-14/h3-10,17-18H,2,11H2,1H3. The number of halogens is 1. The predicted molar refractivity (Wildman–Crippen MR) is 81.0 cm³/mol. The average molecular weight is 308 g/mol. The first kappa shape index (κ1) is 15.5. The summed E-state index contributed by atoms with van der Waals surface area (Å²) in [6, 6.07) is 11.9. The molecular weight excluding hydrogens is 291 g/mol. The Hall–Kier alpha value is -1.92. The second-order valence-corrected chi connectivity index (χ2v) is 6.22. The lowest BCUT2D eigenvalue weighted by Gasteiger charge is -2.09. The Labute approximate surface area is 124 Å². The zero-order valence-corrected chi connectivity index (χ0v) is 12.5. The maximum Gasteiger partial charge on any atom is 0.261 e. The van der Waals surface area contributed by atoms with Crippen LogP contribution in [-0.4, -0.2) is 15.0 Å². The second kappa shape index (κ2) is 6.69. The first-order valence-electron chi connectivity index (χ1n) is 6.59. The van der Waals surface area contributed by atoms with E-state index in [1.54, 1.807) is 12.1 Å². The molecule has 0 fully saturated rings. The van der Waals surface area contributed by atoms with Gasteiger partial charge in [-0.15, -0.1) is 0 Å². The molecule has 6 heteroatoms. The van der Waals surface area contributed by atoms with Crippen LogP contribution in [0.4, 0.5) is 10.1 Å². The number of hydrogen-bond donors (Lipinski definition) is 2. The molecule has 112 valence electrons. The minimum atomic E-state index is -3.70. The van der Waals surface area contributed by atoms with E-state index < -0.39 is 15.8 Å². The summed E-state index contributed by atoms with van der Waals surface area (Å²) in [5.74, 6) is -0.490. The molecule has 2 aromatic carbocycles. The molecule has 0 amide bonds. The third-order valence-corrected chi connectivity index (χ3v) is 4.29. The molecular formula is C15H17FN2O2S. The summed E-state index contributed by atoms with van der Waals surface area (Å²) in [6.45, 7) is 3.54. The van der Waals surface area contributed by atoms with Gasteiger partial charge in [-0.05, 0) is 42.4 Å². The summed E-state index contributed by atoms with van der Waals surface area (Å²) in [4.78, 5) is 0.145. The molecule has 0 aliphatic heterocycles. The summed E-state index contributed by atoms with van der Waals surface area (Å²) in [6.07, 6.45) is 0. The highest BCUT2D eigenvalue weighted by Crippen LogP contribution is 2.17. The normalized spacial score (nSPS) is 11.3. The van der Waals surface area contributed by atoms with Crippen LogP contribution in [0.2, 0.25) is 0 Å². The van der Waals surface area contributed by atoms with Crippen LogP contribution in [0.1, 0.15) is 12.5 Å². The average Bonchev–Trinajstić information content (AvgIpc) is 2.45. The van der Waals surface area contributed by atoms with Crippen molar-refractivity contribution < 1.29 is 12.8 Å². The monoisotopic (exact) mass is 308 g/mol. The van der Waals surface area contributed by atoms with Gasteiger partial charge in [0.05, 0.1) is 10.6 Å². The summed E-state index contributed by atoms with van der Waals surface area (Å²) in [7, 11) is -3.70. The highest BCUT2D eigenvalue weighted by molar-refractivity contribution is 7.92. The Bertz CT molecular complexity index is 700. The zero-order chi connectivity index (χ0) is 15.3. The minimum Gasteiger partial charge on any atom is -0.313 e. The molecule has 0 aliphatic carbocycles. The highest BCUT2D eigenvalue weighted by atomic mass is 32.2. The lowest BCUT2D eigenvalue weighted by atomic mass is 10.2. The minimum absolute atomic E-state index is 0.145. The number of benzene rings is 2. The number of sulfonamides is 1. The van der Waals surface area contributed by atoms with Crippen LogP contribution in [0.5, 0.6) is 0 Å². The molecule has 0 unspecified atom stereocenters. The molecule has 0 radical (unpaired) electrons. The van der Waals surface area contributed by atoms with E-state index in [0.717, 1.165) is 18.2 Å². The van der Waals surface area contributed by atoms with Crippen molar-refractivity contribution in [3.05, 3.63) is 59.9 Å². The Kier molecular flexibility index (Phi) is 4.93. The number of hydrogen-bond acceptors (Lipinski definition) is 3. The molecule has 0 spiro atoms.